The maximum Gasteiger partial charge on any atom is 0.251 e. The van der Waals surface area contributed by atoms with E-state index in [1.54, 1.807) is 18.3 Å². The number of amides is 1. The Balaban J connectivity index is 2.77. The number of hydrogen-bond donors (Lipinski definition) is 2. The Morgan fingerprint density at radius 2 is 2.43 bits per heavy atom. The second-order valence-corrected chi connectivity index (χ2v) is 2.93. The molecule has 3 N–H and O–H groups in total. The standard InChI is InChI=1S/C10H15N3O/c1-2-12-10(14)8-4-6-13-9(7-8)3-5-11/h4,6-7H,2-3,5,11H2,1H3,(H,12,14). The Kier molecular flexibility index (Phi) is 4.07. The summed E-state index contributed by atoms with van der Waals surface area (Å²) in [7, 11) is 0. The van der Waals surface area contributed by atoms with E-state index in [1.165, 1.54) is 0 Å². The fourth-order valence-electron chi connectivity index (χ4n) is 1.17. The normalized spacial score (nSPS) is 9.86. The molecule has 0 atom stereocenters. The maximum absolute atomic E-state index is 11.4. The first-order valence-electron chi connectivity index (χ1n) is 4.71. The molecular weight excluding hydrogens is 178 g/mol. The highest BCUT2D eigenvalue weighted by atomic mass is 16.1. The highest BCUT2D eigenvalue weighted by Crippen LogP contribution is 2.01. The average molecular weight is 193 g/mol. The van der Waals surface area contributed by atoms with Crippen molar-refractivity contribution >= 4 is 5.91 Å². The molecule has 0 aliphatic carbocycles. The first kappa shape index (κ1) is 10.7. The van der Waals surface area contributed by atoms with Crippen LogP contribution in [0.3, 0.4) is 0 Å². The molecule has 76 valence electrons. The molecule has 0 aromatic carbocycles. The molecule has 0 saturated heterocycles. The van der Waals surface area contributed by atoms with Gasteiger partial charge >= 0.3 is 0 Å². The first-order chi connectivity index (χ1) is 6.77. The van der Waals surface area contributed by atoms with Gasteiger partial charge in [-0.15, -0.1) is 0 Å². The molecule has 4 nitrogen and oxygen atoms in total. The summed E-state index contributed by atoms with van der Waals surface area (Å²) < 4.78 is 0. The van der Waals surface area contributed by atoms with Gasteiger partial charge in [0.1, 0.15) is 0 Å². The lowest BCUT2D eigenvalue weighted by Crippen LogP contribution is -2.22. The van der Waals surface area contributed by atoms with Crippen LogP contribution in [0.25, 0.3) is 0 Å². The minimum Gasteiger partial charge on any atom is -0.352 e. The monoisotopic (exact) mass is 193 g/mol. The molecule has 14 heavy (non-hydrogen) atoms. The molecule has 1 aromatic rings. The van der Waals surface area contributed by atoms with Crippen LogP contribution in [0, 0.1) is 0 Å². The van der Waals surface area contributed by atoms with E-state index in [2.05, 4.69) is 10.3 Å². The predicted molar refractivity (Wildman–Crippen MR) is 55.0 cm³/mol. The second kappa shape index (κ2) is 5.34. The molecule has 0 aliphatic heterocycles. The number of carbonyl (C=O) groups is 1. The number of pyridine rings is 1. The van der Waals surface area contributed by atoms with Crippen molar-refractivity contribution in [2.45, 2.75) is 13.3 Å². The summed E-state index contributed by atoms with van der Waals surface area (Å²) >= 11 is 0. The molecule has 0 bridgehead atoms. The lowest BCUT2D eigenvalue weighted by molar-refractivity contribution is 0.0955. The van der Waals surface area contributed by atoms with Crippen molar-refractivity contribution in [1.82, 2.24) is 10.3 Å². The fraction of sp³-hybridized carbons (Fsp3) is 0.400. The maximum atomic E-state index is 11.4. The van der Waals surface area contributed by atoms with Crippen molar-refractivity contribution in [3.63, 3.8) is 0 Å². The lowest BCUT2D eigenvalue weighted by Gasteiger charge is -2.03. The molecule has 0 aliphatic rings. The highest BCUT2D eigenvalue weighted by Gasteiger charge is 2.04. The van der Waals surface area contributed by atoms with Crippen molar-refractivity contribution in [2.24, 2.45) is 5.73 Å². The summed E-state index contributed by atoms with van der Waals surface area (Å²) in [6.07, 6.45) is 2.34. The van der Waals surface area contributed by atoms with Crippen LogP contribution < -0.4 is 11.1 Å². The molecule has 0 unspecified atom stereocenters. The smallest absolute Gasteiger partial charge is 0.251 e. The van der Waals surface area contributed by atoms with Gasteiger partial charge in [0.2, 0.25) is 0 Å². The van der Waals surface area contributed by atoms with Crippen LogP contribution in [0.1, 0.15) is 23.0 Å². The third-order valence-electron chi connectivity index (χ3n) is 1.82. The van der Waals surface area contributed by atoms with E-state index in [1.807, 2.05) is 6.92 Å². The summed E-state index contributed by atoms with van der Waals surface area (Å²) in [5, 5.41) is 2.73. The summed E-state index contributed by atoms with van der Waals surface area (Å²) in [5.41, 5.74) is 6.91. The molecule has 4 heteroatoms. The van der Waals surface area contributed by atoms with Gasteiger partial charge in [-0.1, -0.05) is 0 Å². The van der Waals surface area contributed by atoms with Crippen LogP contribution in [-0.4, -0.2) is 24.0 Å². The summed E-state index contributed by atoms with van der Waals surface area (Å²) in [6, 6.07) is 3.48. The van der Waals surface area contributed by atoms with E-state index >= 15 is 0 Å². The van der Waals surface area contributed by atoms with Crippen molar-refractivity contribution in [2.75, 3.05) is 13.1 Å². The number of aromatic nitrogens is 1. The van der Waals surface area contributed by atoms with E-state index in [9.17, 15) is 4.79 Å². The number of hydrogen-bond acceptors (Lipinski definition) is 3. The minimum atomic E-state index is -0.0619. The molecule has 1 heterocycles. The zero-order valence-electron chi connectivity index (χ0n) is 8.29. The number of nitrogens with one attached hydrogen (secondary N) is 1. The first-order valence-corrected chi connectivity index (χ1v) is 4.71. The van der Waals surface area contributed by atoms with Crippen molar-refractivity contribution in [3.8, 4) is 0 Å². The highest BCUT2D eigenvalue weighted by molar-refractivity contribution is 5.94. The zero-order valence-corrected chi connectivity index (χ0v) is 8.29. The van der Waals surface area contributed by atoms with Crippen LogP contribution in [0.2, 0.25) is 0 Å². The zero-order chi connectivity index (χ0) is 10.4. The SMILES string of the molecule is CCNC(=O)c1ccnc(CCN)c1. The number of carbonyl (C=O) groups excluding carboxylic acids is 1. The van der Waals surface area contributed by atoms with Gasteiger partial charge in [0.25, 0.3) is 5.91 Å². The van der Waals surface area contributed by atoms with Gasteiger partial charge in [-0.25, -0.2) is 0 Å². The predicted octanol–water partition coefficient (Wildman–Crippen LogP) is 0.333. The quantitative estimate of drug-likeness (QED) is 0.724. The van der Waals surface area contributed by atoms with Crippen molar-refractivity contribution < 1.29 is 4.79 Å². The van der Waals surface area contributed by atoms with Crippen molar-refractivity contribution in [1.29, 1.82) is 0 Å². The van der Waals surface area contributed by atoms with Crippen LogP contribution >= 0.6 is 0 Å². The van der Waals surface area contributed by atoms with E-state index in [0.717, 1.165) is 5.69 Å². The topological polar surface area (TPSA) is 68.0 Å². The molecule has 1 rings (SSSR count). The lowest BCUT2D eigenvalue weighted by atomic mass is 10.2. The number of nitrogens with two attached hydrogens (primary N) is 1. The van der Waals surface area contributed by atoms with Gasteiger partial charge in [0.15, 0.2) is 0 Å². The van der Waals surface area contributed by atoms with Gasteiger partial charge in [-0.2, -0.15) is 0 Å². The van der Waals surface area contributed by atoms with E-state index < -0.39 is 0 Å². The van der Waals surface area contributed by atoms with E-state index in [0.29, 0.717) is 25.1 Å². The second-order valence-electron chi connectivity index (χ2n) is 2.93. The van der Waals surface area contributed by atoms with Gasteiger partial charge < -0.3 is 11.1 Å². The Labute approximate surface area is 83.5 Å². The Bertz CT molecular complexity index is 312. The molecule has 0 spiro atoms. The largest absolute Gasteiger partial charge is 0.352 e. The molecule has 0 saturated carbocycles. The van der Waals surface area contributed by atoms with Crippen LogP contribution in [0.15, 0.2) is 18.3 Å². The average Bonchev–Trinajstić information content (AvgIpc) is 2.19. The minimum absolute atomic E-state index is 0.0619. The molecular formula is C10H15N3O. The third-order valence-corrected chi connectivity index (χ3v) is 1.82. The molecule has 1 amide bonds. The van der Waals surface area contributed by atoms with Gasteiger partial charge in [-0.3, -0.25) is 9.78 Å². The Morgan fingerprint density at radius 3 is 3.07 bits per heavy atom. The van der Waals surface area contributed by atoms with Gasteiger partial charge in [0, 0.05) is 30.4 Å². The van der Waals surface area contributed by atoms with Gasteiger partial charge in [0.05, 0.1) is 0 Å². The number of nitrogens with zero attached hydrogens (tertiary/aromatic N) is 1. The van der Waals surface area contributed by atoms with E-state index in [4.69, 9.17) is 5.73 Å². The Hall–Kier alpha value is -1.42. The summed E-state index contributed by atoms with van der Waals surface area (Å²) in [4.78, 5) is 15.5. The molecule has 1 aromatic heterocycles. The van der Waals surface area contributed by atoms with Crippen LogP contribution in [-0.2, 0) is 6.42 Å². The van der Waals surface area contributed by atoms with Crippen molar-refractivity contribution in [3.05, 3.63) is 29.6 Å². The molecule has 0 fully saturated rings. The summed E-state index contributed by atoms with van der Waals surface area (Å²) in [6.45, 7) is 3.07. The van der Waals surface area contributed by atoms with Gasteiger partial charge in [-0.05, 0) is 25.6 Å². The van der Waals surface area contributed by atoms with Crippen LogP contribution in [0.5, 0.6) is 0 Å². The molecule has 0 radical (unpaired) electrons. The fourth-order valence-corrected chi connectivity index (χ4v) is 1.17. The number of rotatable bonds is 4. The van der Waals surface area contributed by atoms with E-state index in [-0.39, 0.29) is 5.91 Å². The van der Waals surface area contributed by atoms with Crippen LogP contribution in [0.4, 0.5) is 0 Å². The Morgan fingerprint density at radius 1 is 1.64 bits per heavy atom. The third kappa shape index (κ3) is 2.81. The summed E-state index contributed by atoms with van der Waals surface area (Å²) in [5.74, 6) is -0.0619.